The fourth-order valence-electron chi connectivity index (χ4n) is 2.28. The van der Waals surface area contributed by atoms with E-state index in [9.17, 15) is 8.42 Å². The highest BCUT2D eigenvalue weighted by Gasteiger charge is 2.21. The molecule has 6 heteroatoms. The molecule has 0 atom stereocenters. The van der Waals surface area contributed by atoms with Gasteiger partial charge < -0.3 is 15.4 Å². The Morgan fingerprint density at radius 2 is 2.00 bits per heavy atom. The maximum Gasteiger partial charge on any atom is 0.181 e. The van der Waals surface area contributed by atoms with Gasteiger partial charge >= 0.3 is 0 Å². The Bertz CT molecular complexity index is 537. The molecule has 1 aromatic carbocycles. The first-order valence-electron chi connectivity index (χ1n) is 6.41. The summed E-state index contributed by atoms with van der Waals surface area (Å²) in [5, 5.41) is 0. The topological polar surface area (TPSA) is 72.6 Å². The molecule has 1 aliphatic heterocycles. The summed E-state index contributed by atoms with van der Waals surface area (Å²) in [4.78, 5) is 2.35. The molecule has 0 aromatic heterocycles. The third-order valence-electron chi connectivity index (χ3n) is 3.43. The maximum atomic E-state index is 12.3. The van der Waals surface area contributed by atoms with Crippen LogP contribution < -0.4 is 10.5 Å². The quantitative estimate of drug-likeness (QED) is 0.821. The number of nitrogens with zero attached hydrogens (tertiary/aromatic N) is 1. The maximum absolute atomic E-state index is 12.3. The van der Waals surface area contributed by atoms with Gasteiger partial charge in [0, 0.05) is 12.6 Å². The van der Waals surface area contributed by atoms with E-state index in [-0.39, 0.29) is 16.3 Å². The number of methoxy groups -OCH3 is 1. The van der Waals surface area contributed by atoms with Crippen molar-refractivity contribution in [2.24, 2.45) is 0 Å². The lowest BCUT2D eigenvalue weighted by molar-refractivity contribution is 0.359. The zero-order chi connectivity index (χ0) is 13.9. The minimum atomic E-state index is -3.36. The molecule has 0 spiro atoms. The van der Waals surface area contributed by atoms with Crippen LogP contribution in [0.5, 0.6) is 5.75 Å². The fourth-order valence-corrected chi connectivity index (χ4v) is 3.72. The van der Waals surface area contributed by atoms with Crippen molar-refractivity contribution >= 4 is 15.5 Å². The molecule has 2 rings (SSSR count). The molecule has 1 saturated heterocycles. The van der Waals surface area contributed by atoms with Crippen LogP contribution in [-0.2, 0) is 9.84 Å². The Hall–Kier alpha value is -1.27. The summed E-state index contributed by atoms with van der Waals surface area (Å²) in [5.74, 6) is 0.610. The molecule has 0 saturated carbocycles. The minimum Gasteiger partial charge on any atom is -0.497 e. The Labute approximate surface area is 114 Å². The van der Waals surface area contributed by atoms with Crippen LogP contribution in [0.25, 0.3) is 0 Å². The predicted molar refractivity (Wildman–Crippen MR) is 75.1 cm³/mol. The van der Waals surface area contributed by atoms with Gasteiger partial charge in [0.2, 0.25) is 0 Å². The number of benzene rings is 1. The second-order valence-corrected chi connectivity index (χ2v) is 6.85. The number of ether oxygens (including phenoxy) is 1. The molecule has 2 N–H and O–H groups in total. The largest absolute Gasteiger partial charge is 0.497 e. The number of rotatable bonds is 5. The molecular formula is C13H20N2O3S. The molecule has 0 bridgehead atoms. The van der Waals surface area contributed by atoms with Gasteiger partial charge in [0.05, 0.1) is 23.4 Å². The van der Waals surface area contributed by atoms with E-state index in [0.29, 0.717) is 12.3 Å². The number of likely N-dealkylation sites (tertiary alicyclic amines) is 1. The molecule has 0 aliphatic carbocycles. The molecule has 0 unspecified atom stereocenters. The van der Waals surface area contributed by atoms with Crippen molar-refractivity contribution in [2.75, 3.05) is 38.2 Å². The molecule has 1 aliphatic rings. The molecule has 1 heterocycles. The molecule has 0 amide bonds. The van der Waals surface area contributed by atoms with Crippen LogP contribution in [0.4, 0.5) is 5.69 Å². The Morgan fingerprint density at radius 3 is 2.63 bits per heavy atom. The smallest absolute Gasteiger partial charge is 0.181 e. The molecule has 1 fully saturated rings. The van der Waals surface area contributed by atoms with Crippen LogP contribution in [0.3, 0.4) is 0 Å². The molecular weight excluding hydrogens is 264 g/mol. The normalized spacial score (nSPS) is 16.7. The third-order valence-corrected chi connectivity index (χ3v) is 5.17. The van der Waals surface area contributed by atoms with Crippen molar-refractivity contribution in [3.05, 3.63) is 18.2 Å². The summed E-state index contributed by atoms with van der Waals surface area (Å²) in [6, 6.07) is 4.73. The highest BCUT2D eigenvalue weighted by molar-refractivity contribution is 7.91. The van der Waals surface area contributed by atoms with E-state index < -0.39 is 9.84 Å². The molecule has 106 valence electrons. The van der Waals surface area contributed by atoms with Gasteiger partial charge in [-0.15, -0.1) is 0 Å². The number of hydrogen-bond acceptors (Lipinski definition) is 5. The van der Waals surface area contributed by atoms with Gasteiger partial charge in [0.15, 0.2) is 9.84 Å². The summed E-state index contributed by atoms with van der Waals surface area (Å²) in [6.45, 7) is 2.55. The van der Waals surface area contributed by atoms with Gasteiger partial charge in [-0.2, -0.15) is 0 Å². The van der Waals surface area contributed by atoms with Gasteiger partial charge in [0.25, 0.3) is 0 Å². The van der Waals surface area contributed by atoms with E-state index in [1.54, 1.807) is 12.1 Å². The lowest BCUT2D eigenvalue weighted by Gasteiger charge is -2.15. The van der Waals surface area contributed by atoms with Crippen LogP contribution in [-0.4, -0.2) is 45.8 Å². The molecule has 5 nitrogen and oxygen atoms in total. The predicted octanol–water partition coefficient (Wildman–Crippen LogP) is 1.15. The SMILES string of the molecule is COc1ccc(N)c(S(=O)(=O)CCN2CCCC2)c1. The van der Waals surface area contributed by atoms with Crippen molar-refractivity contribution in [1.29, 1.82) is 0 Å². The van der Waals surface area contributed by atoms with Gasteiger partial charge in [-0.1, -0.05) is 0 Å². The summed E-state index contributed by atoms with van der Waals surface area (Å²) in [7, 11) is -1.85. The van der Waals surface area contributed by atoms with Crippen LogP contribution in [0, 0.1) is 0 Å². The van der Waals surface area contributed by atoms with Gasteiger partial charge in [0.1, 0.15) is 5.75 Å². The number of nitrogens with two attached hydrogens (primary N) is 1. The van der Waals surface area contributed by atoms with E-state index in [1.165, 1.54) is 13.2 Å². The summed E-state index contributed by atoms with van der Waals surface area (Å²) in [5.41, 5.74) is 6.05. The van der Waals surface area contributed by atoms with E-state index >= 15 is 0 Å². The Balaban J connectivity index is 2.13. The first-order valence-corrected chi connectivity index (χ1v) is 8.07. The lowest BCUT2D eigenvalue weighted by atomic mass is 10.3. The van der Waals surface area contributed by atoms with E-state index in [2.05, 4.69) is 4.90 Å². The van der Waals surface area contributed by atoms with E-state index in [1.807, 2.05) is 0 Å². The Kier molecular flexibility index (Phi) is 4.31. The molecule has 1 aromatic rings. The Morgan fingerprint density at radius 1 is 1.32 bits per heavy atom. The van der Waals surface area contributed by atoms with Crippen LogP contribution in [0.15, 0.2) is 23.1 Å². The second-order valence-electron chi connectivity index (χ2n) is 4.77. The van der Waals surface area contributed by atoms with Crippen molar-refractivity contribution in [3.63, 3.8) is 0 Å². The number of sulfone groups is 1. The van der Waals surface area contributed by atoms with Gasteiger partial charge in [-0.05, 0) is 38.1 Å². The van der Waals surface area contributed by atoms with Crippen molar-refractivity contribution < 1.29 is 13.2 Å². The van der Waals surface area contributed by atoms with Gasteiger partial charge in [-0.25, -0.2) is 8.42 Å². The van der Waals surface area contributed by atoms with Crippen LogP contribution in [0.1, 0.15) is 12.8 Å². The third kappa shape index (κ3) is 3.39. The summed E-state index contributed by atoms with van der Waals surface area (Å²) < 4.78 is 29.7. The van der Waals surface area contributed by atoms with Crippen LogP contribution in [0.2, 0.25) is 0 Å². The standard InChI is InChI=1S/C13H20N2O3S/c1-18-11-4-5-12(14)13(10-11)19(16,17)9-8-15-6-2-3-7-15/h4-5,10H,2-3,6-9,14H2,1H3. The monoisotopic (exact) mass is 284 g/mol. The first kappa shape index (κ1) is 14.1. The number of nitrogen functional groups attached to an aromatic ring is 1. The summed E-state index contributed by atoms with van der Waals surface area (Å²) in [6.07, 6.45) is 2.31. The van der Waals surface area contributed by atoms with Gasteiger partial charge in [-0.3, -0.25) is 0 Å². The van der Waals surface area contributed by atoms with Crippen molar-refractivity contribution in [3.8, 4) is 5.75 Å². The zero-order valence-corrected chi connectivity index (χ0v) is 11.9. The van der Waals surface area contributed by atoms with Crippen LogP contribution >= 0.6 is 0 Å². The fraction of sp³-hybridized carbons (Fsp3) is 0.538. The van der Waals surface area contributed by atoms with Crippen molar-refractivity contribution in [2.45, 2.75) is 17.7 Å². The minimum absolute atomic E-state index is 0.102. The number of anilines is 1. The number of hydrogen-bond donors (Lipinski definition) is 1. The zero-order valence-electron chi connectivity index (χ0n) is 11.1. The van der Waals surface area contributed by atoms with E-state index in [0.717, 1.165) is 25.9 Å². The van der Waals surface area contributed by atoms with E-state index in [4.69, 9.17) is 10.5 Å². The lowest BCUT2D eigenvalue weighted by Crippen LogP contribution is -2.26. The molecule has 19 heavy (non-hydrogen) atoms. The average Bonchev–Trinajstić information content (AvgIpc) is 2.90. The second kappa shape index (κ2) is 5.79. The first-order chi connectivity index (χ1) is 9.03. The molecule has 0 radical (unpaired) electrons. The average molecular weight is 284 g/mol. The van der Waals surface area contributed by atoms with Crippen molar-refractivity contribution in [1.82, 2.24) is 4.90 Å². The highest BCUT2D eigenvalue weighted by Crippen LogP contribution is 2.25. The summed E-state index contributed by atoms with van der Waals surface area (Å²) >= 11 is 0. The highest BCUT2D eigenvalue weighted by atomic mass is 32.2.